The number of thiophene rings is 1. The standard InChI is InChI=1S/C31H38F4N4O6S2/c1-43-13-14-45-28-15-21(47(36,41)42)8-9-26(28)37-11-4-7-29-23(16-31(33,34)35)22-5-3-6-27(30(22)46-29)38-25-10-12-39(18-24(25)32)17-20(40)19-44-2/h3,5-6,8-9,15,20,24-25,37-38,40H,10-14,16-19H2,1-2H3,(H2,36,41,42). The van der Waals surface area contributed by atoms with E-state index < -0.39 is 40.9 Å². The number of aliphatic hydroxyl groups excluding tert-OH is 1. The van der Waals surface area contributed by atoms with Crippen LogP contribution in [0.4, 0.5) is 28.9 Å². The Balaban J connectivity index is 1.54. The van der Waals surface area contributed by atoms with Gasteiger partial charge in [0.15, 0.2) is 0 Å². The Morgan fingerprint density at radius 3 is 2.64 bits per heavy atom. The van der Waals surface area contributed by atoms with Crippen LogP contribution in [-0.2, 0) is 25.9 Å². The van der Waals surface area contributed by atoms with Gasteiger partial charge < -0.3 is 30.0 Å². The van der Waals surface area contributed by atoms with E-state index in [-0.39, 0.29) is 60.5 Å². The number of β-amino-alcohol motifs (C(OH)–C–C–N with tert-alkyl or cyclic N) is 1. The summed E-state index contributed by atoms with van der Waals surface area (Å²) in [4.78, 5) is 1.90. The van der Waals surface area contributed by atoms with Gasteiger partial charge in [0.1, 0.15) is 18.5 Å². The van der Waals surface area contributed by atoms with Crippen LogP contribution >= 0.6 is 11.3 Å². The van der Waals surface area contributed by atoms with E-state index in [9.17, 15) is 26.7 Å². The highest BCUT2D eigenvalue weighted by Gasteiger charge is 2.33. The van der Waals surface area contributed by atoms with E-state index in [0.29, 0.717) is 34.4 Å². The number of hydrogen-bond donors (Lipinski definition) is 4. The highest BCUT2D eigenvalue weighted by Crippen LogP contribution is 2.39. The molecule has 1 aromatic heterocycles. The first-order valence-electron chi connectivity index (χ1n) is 14.7. The van der Waals surface area contributed by atoms with Gasteiger partial charge in [0.2, 0.25) is 10.0 Å². The number of aliphatic hydroxyl groups is 1. The van der Waals surface area contributed by atoms with Crippen molar-refractivity contribution in [2.45, 2.75) is 42.2 Å². The molecule has 1 saturated heterocycles. The molecule has 0 radical (unpaired) electrons. The molecular weight excluding hydrogens is 664 g/mol. The third-order valence-corrected chi connectivity index (χ3v) is 9.49. The number of halogens is 4. The fourth-order valence-corrected chi connectivity index (χ4v) is 6.94. The van der Waals surface area contributed by atoms with Gasteiger partial charge in [0.25, 0.3) is 0 Å². The van der Waals surface area contributed by atoms with E-state index in [1.807, 2.05) is 4.90 Å². The van der Waals surface area contributed by atoms with Crippen LogP contribution in [0.3, 0.4) is 0 Å². The van der Waals surface area contributed by atoms with Gasteiger partial charge in [0, 0.05) is 39.9 Å². The zero-order valence-electron chi connectivity index (χ0n) is 25.9. The maximum absolute atomic E-state index is 15.2. The molecule has 2 heterocycles. The zero-order chi connectivity index (χ0) is 34.2. The minimum Gasteiger partial charge on any atom is -0.489 e. The first kappa shape index (κ1) is 36.7. The summed E-state index contributed by atoms with van der Waals surface area (Å²) in [6.45, 7) is 1.44. The molecule has 3 atom stereocenters. The number of primary sulfonamides is 1. The topological polar surface area (TPSA) is 135 Å². The van der Waals surface area contributed by atoms with Crippen LogP contribution in [0.1, 0.15) is 16.9 Å². The van der Waals surface area contributed by atoms with Crippen LogP contribution in [-0.4, -0.2) is 103 Å². The molecule has 3 aromatic rings. The summed E-state index contributed by atoms with van der Waals surface area (Å²) in [6, 6.07) is 8.41. The van der Waals surface area contributed by atoms with Crippen molar-refractivity contribution in [3.8, 4) is 17.6 Å². The fraction of sp³-hybridized carbons (Fsp3) is 0.484. The van der Waals surface area contributed by atoms with Gasteiger partial charge in [-0.2, -0.15) is 13.2 Å². The molecule has 0 amide bonds. The smallest absolute Gasteiger partial charge is 0.393 e. The molecule has 3 unspecified atom stereocenters. The SMILES string of the molecule is COCCOc1cc(S(N)(=O)=O)ccc1NCC#Cc1sc2c(NC3CCN(CC(O)COC)CC3F)cccc2c1CC(F)(F)F. The van der Waals surface area contributed by atoms with Crippen molar-refractivity contribution in [3.63, 3.8) is 0 Å². The summed E-state index contributed by atoms with van der Waals surface area (Å²) in [5.74, 6) is 5.91. The molecular formula is C31H38F4N4O6S2. The molecule has 1 aliphatic rings. The normalized spacial score (nSPS) is 18.0. The van der Waals surface area contributed by atoms with Crippen molar-refractivity contribution in [2.24, 2.45) is 5.14 Å². The molecule has 1 fully saturated rings. The molecule has 1 aliphatic heterocycles. The molecule has 0 spiro atoms. The number of benzene rings is 2. The van der Waals surface area contributed by atoms with Crippen molar-refractivity contribution in [1.82, 2.24) is 4.90 Å². The van der Waals surface area contributed by atoms with E-state index in [2.05, 4.69) is 22.5 Å². The number of nitrogens with one attached hydrogen (secondary N) is 2. The third kappa shape index (κ3) is 10.4. The second-order valence-electron chi connectivity index (χ2n) is 11.0. The summed E-state index contributed by atoms with van der Waals surface area (Å²) in [5.41, 5.74) is 0.963. The lowest BCUT2D eigenvalue weighted by Crippen LogP contribution is -2.50. The Labute approximate surface area is 275 Å². The number of alkyl halides is 4. The number of piperidine rings is 1. The average molecular weight is 703 g/mol. The Morgan fingerprint density at radius 1 is 1.17 bits per heavy atom. The molecule has 4 rings (SSSR count). The Hall–Kier alpha value is -3.17. The van der Waals surface area contributed by atoms with Gasteiger partial charge in [-0.05, 0) is 35.6 Å². The van der Waals surface area contributed by atoms with Gasteiger partial charge in [-0.15, -0.1) is 11.3 Å². The number of methoxy groups -OCH3 is 2. The van der Waals surface area contributed by atoms with Gasteiger partial charge >= 0.3 is 6.18 Å². The third-order valence-electron chi connectivity index (χ3n) is 7.39. The number of nitrogens with two attached hydrogens (primary N) is 1. The summed E-state index contributed by atoms with van der Waals surface area (Å²) < 4.78 is 96.0. The van der Waals surface area contributed by atoms with Crippen LogP contribution < -0.4 is 20.5 Å². The van der Waals surface area contributed by atoms with Crippen molar-refractivity contribution in [2.75, 3.05) is 70.9 Å². The fourth-order valence-electron chi connectivity index (χ4n) is 5.24. The maximum Gasteiger partial charge on any atom is 0.393 e. The molecule has 5 N–H and O–H groups in total. The lowest BCUT2D eigenvalue weighted by Gasteiger charge is -2.36. The average Bonchev–Trinajstić information content (AvgIpc) is 3.33. The number of ether oxygens (including phenoxy) is 3. The first-order chi connectivity index (χ1) is 22.3. The number of anilines is 2. The van der Waals surface area contributed by atoms with Crippen LogP contribution in [0.15, 0.2) is 41.3 Å². The Kier molecular flexibility index (Phi) is 12.7. The summed E-state index contributed by atoms with van der Waals surface area (Å²) in [7, 11) is -1.03. The van der Waals surface area contributed by atoms with Crippen LogP contribution in [0.2, 0.25) is 0 Å². The second-order valence-corrected chi connectivity index (χ2v) is 13.6. The predicted molar refractivity (Wildman–Crippen MR) is 173 cm³/mol. The lowest BCUT2D eigenvalue weighted by atomic mass is 10.0. The van der Waals surface area contributed by atoms with Crippen LogP contribution in [0.5, 0.6) is 5.75 Å². The van der Waals surface area contributed by atoms with E-state index in [0.717, 1.165) is 11.3 Å². The number of nitrogens with zero attached hydrogens (tertiary/aromatic N) is 1. The number of fused-ring (bicyclic) bond motifs is 1. The minimum absolute atomic E-state index is 0.00134. The molecule has 0 bridgehead atoms. The summed E-state index contributed by atoms with van der Waals surface area (Å²) in [6.07, 6.45) is -7.24. The van der Waals surface area contributed by atoms with E-state index in [1.165, 1.54) is 32.4 Å². The number of hydrogen-bond acceptors (Lipinski definition) is 10. The molecule has 258 valence electrons. The van der Waals surface area contributed by atoms with E-state index in [1.54, 1.807) is 18.2 Å². The predicted octanol–water partition coefficient (Wildman–Crippen LogP) is 3.97. The highest BCUT2D eigenvalue weighted by molar-refractivity contribution is 7.89. The van der Waals surface area contributed by atoms with Crippen molar-refractivity contribution < 1.29 is 45.3 Å². The van der Waals surface area contributed by atoms with Crippen LogP contribution in [0.25, 0.3) is 10.1 Å². The summed E-state index contributed by atoms with van der Waals surface area (Å²) >= 11 is 1.10. The van der Waals surface area contributed by atoms with Crippen molar-refractivity contribution >= 4 is 42.8 Å². The Morgan fingerprint density at radius 2 is 1.96 bits per heavy atom. The first-order valence-corrected chi connectivity index (χ1v) is 17.1. The van der Waals surface area contributed by atoms with E-state index >= 15 is 4.39 Å². The molecule has 0 aliphatic carbocycles. The molecule has 0 saturated carbocycles. The lowest BCUT2D eigenvalue weighted by molar-refractivity contribution is -0.126. The van der Waals surface area contributed by atoms with Gasteiger partial charge in [-0.3, -0.25) is 4.90 Å². The zero-order valence-corrected chi connectivity index (χ0v) is 27.5. The molecule has 10 nitrogen and oxygen atoms in total. The van der Waals surface area contributed by atoms with Crippen LogP contribution in [0, 0.1) is 11.8 Å². The number of sulfonamides is 1. The second kappa shape index (κ2) is 16.3. The molecule has 16 heteroatoms. The molecule has 47 heavy (non-hydrogen) atoms. The van der Waals surface area contributed by atoms with E-state index in [4.69, 9.17) is 19.3 Å². The monoisotopic (exact) mass is 702 g/mol. The maximum atomic E-state index is 15.2. The quantitative estimate of drug-likeness (QED) is 0.112. The van der Waals surface area contributed by atoms with Gasteiger partial charge in [-0.1, -0.05) is 24.0 Å². The highest BCUT2D eigenvalue weighted by atomic mass is 32.2. The van der Waals surface area contributed by atoms with Crippen molar-refractivity contribution in [3.05, 3.63) is 46.8 Å². The van der Waals surface area contributed by atoms with Gasteiger partial charge in [0.05, 0.1) is 64.2 Å². The number of likely N-dealkylation sites (tertiary alicyclic amines) is 1. The number of rotatable bonds is 14. The summed E-state index contributed by atoms with van der Waals surface area (Å²) in [5, 5.41) is 21.9. The molecule has 2 aromatic carbocycles. The largest absolute Gasteiger partial charge is 0.489 e. The van der Waals surface area contributed by atoms with Gasteiger partial charge in [-0.25, -0.2) is 17.9 Å². The minimum atomic E-state index is -4.49. The Bertz CT molecular complexity index is 1680. The van der Waals surface area contributed by atoms with Crippen molar-refractivity contribution in [1.29, 1.82) is 0 Å².